The number of carbonyl (C=O) groups excluding carboxylic acids is 2. The molecule has 34 heavy (non-hydrogen) atoms. The lowest BCUT2D eigenvalue weighted by atomic mass is 10.0. The first-order chi connectivity index (χ1) is 16.5. The van der Waals surface area contributed by atoms with Gasteiger partial charge in [-0.1, -0.05) is 12.5 Å². The maximum Gasteiger partial charge on any atom is 0.257 e. The standard InChI is InChI=1S/C25H33N3O3S3/c1-34(31,21-13-9-17-32-21)28-16-8-11-19(28)23(29)26-24-22(25(30)27-14-6-3-7-15-27)18-10-4-2-5-12-20(18)33-24/h9,13,17,19H,1-8,10-12,14-16H2,(H,26,29)/t19-,34?/m1/s1. The van der Waals surface area contributed by atoms with Gasteiger partial charge in [-0.25, -0.2) is 8.51 Å². The van der Waals surface area contributed by atoms with Crippen molar-refractivity contribution >= 4 is 55.1 Å². The first kappa shape index (κ1) is 24.0. The first-order valence-electron chi connectivity index (χ1n) is 12.4. The van der Waals surface area contributed by atoms with Gasteiger partial charge in [-0.05, 0) is 80.7 Å². The minimum atomic E-state index is -2.71. The number of anilines is 1. The molecule has 9 heteroatoms. The molecule has 0 spiro atoms. The van der Waals surface area contributed by atoms with Gasteiger partial charge in [-0.15, -0.1) is 22.7 Å². The molecular formula is C25H33N3O3S3. The molecule has 4 heterocycles. The molecule has 2 amide bonds. The topological polar surface area (TPSA) is 69.7 Å². The molecule has 1 aliphatic carbocycles. The molecule has 0 radical (unpaired) electrons. The number of carbonyl (C=O) groups is 2. The van der Waals surface area contributed by atoms with E-state index in [1.54, 1.807) is 15.6 Å². The van der Waals surface area contributed by atoms with Crippen LogP contribution in [0.3, 0.4) is 0 Å². The average molecular weight is 520 g/mol. The fourth-order valence-corrected chi connectivity index (χ4v) is 9.77. The third-order valence-electron chi connectivity index (χ3n) is 7.21. The quantitative estimate of drug-likeness (QED) is 0.456. The van der Waals surface area contributed by atoms with E-state index in [9.17, 15) is 13.8 Å². The number of hydrogen-bond donors (Lipinski definition) is 1. The molecule has 2 atom stereocenters. The Balaban J connectivity index is 1.43. The number of amides is 2. The summed E-state index contributed by atoms with van der Waals surface area (Å²) in [5.74, 6) is 3.93. The van der Waals surface area contributed by atoms with E-state index >= 15 is 0 Å². The average Bonchev–Trinajstić information content (AvgIpc) is 3.58. The summed E-state index contributed by atoms with van der Waals surface area (Å²) in [4.78, 5) is 30.4. The second kappa shape index (κ2) is 10.1. The summed E-state index contributed by atoms with van der Waals surface area (Å²) in [6.07, 6.45) is 9.94. The lowest BCUT2D eigenvalue weighted by Crippen LogP contribution is -2.43. The zero-order valence-corrected chi connectivity index (χ0v) is 22.0. The molecule has 2 aromatic rings. The van der Waals surface area contributed by atoms with Gasteiger partial charge in [-0.3, -0.25) is 9.59 Å². The Morgan fingerprint density at radius 1 is 1.03 bits per heavy atom. The highest BCUT2D eigenvalue weighted by atomic mass is 32.2. The molecule has 0 aromatic carbocycles. The van der Waals surface area contributed by atoms with Gasteiger partial charge in [0.1, 0.15) is 11.0 Å². The molecule has 2 fully saturated rings. The van der Waals surface area contributed by atoms with Crippen molar-refractivity contribution in [2.45, 2.75) is 74.5 Å². The second-order valence-electron chi connectivity index (χ2n) is 9.48. The van der Waals surface area contributed by atoms with Crippen molar-refractivity contribution < 1.29 is 13.8 Å². The van der Waals surface area contributed by atoms with Gasteiger partial charge >= 0.3 is 0 Å². The van der Waals surface area contributed by atoms with E-state index in [-0.39, 0.29) is 11.8 Å². The number of hydrogen-bond acceptors (Lipinski definition) is 5. The molecule has 6 nitrogen and oxygen atoms in total. The van der Waals surface area contributed by atoms with E-state index in [2.05, 4.69) is 11.2 Å². The van der Waals surface area contributed by atoms with E-state index < -0.39 is 15.7 Å². The third-order valence-corrected chi connectivity index (χ3v) is 12.1. The first-order valence-corrected chi connectivity index (χ1v) is 15.8. The highest BCUT2D eigenvalue weighted by molar-refractivity contribution is 8.00. The summed E-state index contributed by atoms with van der Waals surface area (Å²) < 4.78 is 16.1. The van der Waals surface area contributed by atoms with Gasteiger partial charge in [0, 0.05) is 24.5 Å². The van der Waals surface area contributed by atoms with Gasteiger partial charge in [0.15, 0.2) is 0 Å². The fourth-order valence-electron chi connectivity index (χ4n) is 5.42. The highest BCUT2D eigenvalue weighted by Crippen LogP contribution is 2.39. The number of fused-ring (bicyclic) bond motifs is 1. The van der Waals surface area contributed by atoms with Gasteiger partial charge < -0.3 is 10.2 Å². The van der Waals surface area contributed by atoms with Crippen LogP contribution in [0.25, 0.3) is 0 Å². The van der Waals surface area contributed by atoms with Crippen molar-refractivity contribution in [2.24, 2.45) is 0 Å². The van der Waals surface area contributed by atoms with Crippen molar-refractivity contribution in [3.8, 4) is 0 Å². The molecule has 3 aliphatic rings. The summed E-state index contributed by atoms with van der Waals surface area (Å²) in [5.41, 5.74) is 1.87. The number of thiophene rings is 2. The fraction of sp³-hybridized carbons (Fsp3) is 0.560. The maximum absolute atomic E-state index is 13.7. The van der Waals surface area contributed by atoms with Crippen LogP contribution in [0.4, 0.5) is 5.00 Å². The van der Waals surface area contributed by atoms with Crippen LogP contribution in [0.1, 0.15) is 72.2 Å². The van der Waals surface area contributed by atoms with E-state index in [0.29, 0.717) is 22.2 Å². The zero-order valence-electron chi connectivity index (χ0n) is 19.6. The number of nitrogens with one attached hydrogen (secondary N) is 1. The summed E-state index contributed by atoms with van der Waals surface area (Å²) in [6, 6.07) is 3.19. The molecule has 2 aromatic heterocycles. The molecule has 1 N–H and O–H groups in total. The number of piperidine rings is 1. The summed E-state index contributed by atoms with van der Waals surface area (Å²) in [7, 11) is -2.71. The lowest BCUT2D eigenvalue weighted by Gasteiger charge is -2.28. The van der Waals surface area contributed by atoms with Crippen LogP contribution >= 0.6 is 22.7 Å². The minimum Gasteiger partial charge on any atom is -0.339 e. The maximum atomic E-state index is 13.7. The number of nitrogens with zero attached hydrogens (tertiary/aromatic N) is 2. The Morgan fingerprint density at radius 3 is 2.56 bits per heavy atom. The number of likely N-dealkylation sites (tertiary alicyclic amines) is 1. The Morgan fingerprint density at radius 2 is 1.79 bits per heavy atom. The van der Waals surface area contributed by atoms with Crippen LogP contribution < -0.4 is 5.32 Å². The largest absolute Gasteiger partial charge is 0.339 e. The van der Waals surface area contributed by atoms with E-state index in [1.165, 1.54) is 29.1 Å². The van der Waals surface area contributed by atoms with Crippen molar-refractivity contribution in [1.29, 1.82) is 0 Å². The minimum absolute atomic E-state index is 0.0669. The molecule has 184 valence electrons. The van der Waals surface area contributed by atoms with E-state index in [1.807, 2.05) is 22.4 Å². The predicted octanol–water partition coefficient (Wildman–Crippen LogP) is 4.80. The van der Waals surface area contributed by atoms with Crippen LogP contribution in [0.15, 0.2) is 21.7 Å². The summed E-state index contributed by atoms with van der Waals surface area (Å²) in [6.45, 7) is 2.16. The molecule has 2 saturated heterocycles. The SMILES string of the molecule is C=S(=O)(c1cccs1)N1CCC[C@@H]1C(=O)Nc1sc2c(c1C(=O)N1CCCCC1)CCCCC2. The predicted molar refractivity (Wildman–Crippen MR) is 142 cm³/mol. The monoisotopic (exact) mass is 519 g/mol. The van der Waals surface area contributed by atoms with Gasteiger partial charge in [-0.2, -0.15) is 0 Å². The van der Waals surface area contributed by atoms with E-state index in [0.717, 1.165) is 69.2 Å². The van der Waals surface area contributed by atoms with Gasteiger partial charge in [0.2, 0.25) is 5.91 Å². The van der Waals surface area contributed by atoms with Crippen LogP contribution in [0, 0.1) is 0 Å². The summed E-state index contributed by atoms with van der Waals surface area (Å²) >= 11 is 3.00. The summed E-state index contributed by atoms with van der Waals surface area (Å²) in [5, 5.41) is 5.72. The molecule has 5 rings (SSSR count). The van der Waals surface area contributed by atoms with Crippen LogP contribution in [-0.4, -0.2) is 56.8 Å². The van der Waals surface area contributed by atoms with Gasteiger partial charge in [0.05, 0.1) is 19.5 Å². The molecule has 1 unspecified atom stereocenters. The van der Waals surface area contributed by atoms with Crippen LogP contribution in [0.5, 0.6) is 0 Å². The van der Waals surface area contributed by atoms with Crippen molar-refractivity contribution in [1.82, 2.24) is 9.21 Å². The molecule has 2 aliphatic heterocycles. The normalized spacial score (nSPS) is 23.2. The third kappa shape index (κ3) is 4.59. The number of rotatable bonds is 5. The van der Waals surface area contributed by atoms with Crippen molar-refractivity contribution in [3.63, 3.8) is 0 Å². The van der Waals surface area contributed by atoms with Crippen LogP contribution in [-0.2, 0) is 27.3 Å². The lowest BCUT2D eigenvalue weighted by molar-refractivity contribution is -0.119. The zero-order chi connectivity index (χ0) is 23.7. The Kier molecular flexibility index (Phi) is 7.16. The van der Waals surface area contributed by atoms with Crippen molar-refractivity contribution in [2.75, 3.05) is 25.0 Å². The molecule has 0 bridgehead atoms. The molecule has 0 saturated carbocycles. The smallest absolute Gasteiger partial charge is 0.257 e. The highest BCUT2D eigenvalue weighted by Gasteiger charge is 2.38. The van der Waals surface area contributed by atoms with Crippen LogP contribution in [0.2, 0.25) is 0 Å². The molecular weight excluding hydrogens is 486 g/mol. The Labute approximate surface area is 210 Å². The Bertz CT molecular complexity index is 1150. The van der Waals surface area contributed by atoms with E-state index in [4.69, 9.17) is 0 Å². The van der Waals surface area contributed by atoms with Crippen molar-refractivity contribution in [3.05, 3.63) is 33.5 Å². The second-order valence-corrected chi connectivity index (χ2v) is 14.0. The number of aryl methyl sites for hydroxylation is 1. The Hall–Kier alpha value is -1.68. The van der Waals surface area contributed by atoms with Gasteiger partial charge in [0.25, 0.3) is 5.91 Å².